The van der Waals surface area contributed by atoms with Crippen LogP contribution >= 0.6 is 11.3 Å². The van der Waals surface area contributed by atoms with Crippen molar-refractivity contribution in [2.45, 2.75) is 88.9 Å². The molecule has 0 unspecified atom stereocenters. The topological polar surface area (TPSA) is 155 Å². The number of unbranched alkanes of at least 4 members (excludes halogenated alkanes) is 1. The molecule has 4 amide bonds. The second-order valence-corrected chi connectivity index (χ2v) is 14.2. The Bertz CT molecular complexity index is 1730. The normalized spacial score (nSPS) is 14.9. The van der Waals surface area contributed by atoms with Gasteiger partial charge in [-0.05, 0) is 73.9 Å². The second kappa shape index (κ2) is 18.5. The van der Waals surface area contributed by atoms with Gasteiger partial charge in [-0.1, -0.05) is 80.4 Å². The molecule has 5 rings (SSSR count). The summed E-state index contributed by atoms with van der Waals surface area (Å²) >= 11 is 1.25. The maximum absolute atomic E-state index is 14.2. The van der Waals surface area contributed by atoms with Crippen LogP contribution in [0, 0.1) is 11.7 Å². The van der Waals surface area contributed by atoms with E-state index in [1.807, 2.05) is 60.7 Å². The zero-order valence-electron chi connectivity index (χ0n) is 28.9. The van der Waals surface area contributed by atoms with Crippen molar-refractivity contribution >= 4 is 45.2 Å². The van der Waals surface area contributed by atoms with E-state index in [1.165, 1.54) is 23.5 Å². The summed E-state index contributed by atoms with van der Waals surface area (Å²) < 4.78 is 14.5. The molecule has 12 heteroatoms. The first-order chi connectivity index (χ1) is 24.7. The number of hydrogen-bond acceptors (Lipinski definition) is 7. The SMILES string of the molecule is CCC(=O)N[C@@H](Cc1nc2ccc(F)cc2s1)C(=O)N[C@H](C(=O)N[C@@H](CCCCN)C(=O)NC(c1ccccc1)c1ccccc1)C1CCCC1. The molecule has 1 heterocycles. The van der Waals surface area contributed by atoms with E-state index >= 15 is 0 Å². The van der Waals surface area contributed by atoms with Crippen LogP contribution in [-0.4, -0.2) is 53.3 Å². The molecule has 0 saturated heterocycles. The van der Waals surface area contributed by atoms with Crippen molar-refractivity contribution in [1.82, 2.24) is 26.3 Å². The molecule has 1 aromatic heterocycles. The van der Waals surface area contributed by atoms with Crippen LogP contribution in [0.1, 0.15) is 80.5 Å². The number of rotatable bonds is 17. The van der Waals surface area contributed by atoms with Gasteiger partial charge in [0.2, 0.25) is 23.6 Å². The minimum absolute atomic E-state index is 0.0715. The van der Waals surface area contributed by atoms with Crippen molar-refractivity contribution in [2.75, 3.05) is 6.54 Å². The lowest BCUT2D eigenvalue weighted by Gasteiger charge is -2.29. The molecule has 0 bridgehead atoms. The van der Waals surface area contributed by atoms with Crippen LogP contribution in [0.5, 0.6) is 0 Å². The van der Waals surface area contributed by atoms with Gasteiger partial charge in [0.15, 0.2) is 0 Å². The number of aromatic nitrogens is 1. The summed E-state index contributed by atoms with van der Waals surface area (Å²) in [5.74, 6) is -2.16. The first-order valence-corrected chi connectivity index (χ1v) is 18.6. The van der Waals surface area contributed by atoms with Crippen molar-refractivity contribution in [3.8, 4) is 0 Å². The lowest BCUT2D eigenvalue weighted by atomic mass is 9.95. The molecule has 1 saturated carbocycles. The summed E-state index contributed by atoms with van der Waals surface area (Å²) in [6.07, 6.45) is 5.20. The van der Waals surface area contributed by atoms with Gasteiger partial charge in [0.05, 0.1) is 21.3 Å². The second-order valence-electron chi connectivity index (χ2n) is 13.0. The molecular formula is C39H47FN6O4S. The zero-order valence-corrected chi connectivity index (χ0v) is 29.7. The van der Waals surface area contributed by atoms with Crippen LogP contribution < -0.4 is 27.0 Å². The number of nitrogens with zero attached hydrogens (tertiary/aromatic N) is 1. The number of nitrogens with one attached hydrogen (secondary N) is 4. The Labute approximate surface area is 302 Å². The summed E-state index contributed by atoms with van der Waals surface area (Å²) in [4.78, 5) is 59.3. The maximum Gasteiger partial charge on any atom is 0.243 e. The Hall–Kier alpha value is -4.68. The highest BCUT2D eigenvalue weighted by molar-refractivity contribution is 7.18. The summed E-state index contributed by atoms with van der Waals surface area (Å²) in [6, 6.07) is 20.3. The van der Waals surface area contributed by atoms with Crippen molar-refractivity contribution in [1.29, 1.82) is 0 Å². The molecule has 10 nitrogen and oxygen atoms in total. The van der Waals surface area contributed by atoms with Crippen molar-refractivity contribution in [2.24, 2.45) is 11.7 Å². The van der Waals surface area contributed by atoms with Crippen LogP contribution in [0.2, 0.25) is 0 Å². The third-order valence-corrected chi connectivity index (χ3v) is 10.4. The molecule has 0 spiro atoms. The number of nitrogens with two attached hydrogens (primary N) is 1. The van der Waals surface area contributed by atoms with E-state index in [4.69, 9.17) is 5.73 Å². The molecule has 270 valence electrons. The van der Waals surface area contributed by atoms with Crippen LogP contribution in [0.4, 0.5) is 4.39 Å². The number of benzene rings is 3. The van der Waals surface area contributed by atoms with Crippen molar-refractivity contribution < 1.29 is 23.6 Å². The molecule has 4 aromatic rings. The van der Waals surface area contributed by atoms with Gasteiger partial charge in [-0.15, -0.1) is 11.3 Å². The molecule has 1 aliphatic rings. The lowest BCUT2D eigenvalue weighted by Crippen LogP contribution is -2.59. The van der Waals surface area contributed by atoms with Gasteiger partial charge in [-0.2, -0.15) is 0 Å². The van der Waals surface area contributed by atoms with Gasteiger partial charge in [0, 0.05) is 12.8 Å². The summed E-state index contributed by atoms with van der Waals surface area (Å²) in [6.45, 7) is 2.14. The van der Waals surface area contributed by atoms with Gasteiger partial charge < -0.3 is 27.0 Å². The first-order valence-electron chi connectivity index (χ1n) is 17.8. The molecule has 0 radical (unpaired) electrons. The predicted molar refractivity (Wildman–Crippen MR) is 197 cm³/mol. The zero-order chi connectivity index (χ0) is 36.2. The van der Waals surface area contributed by atoms with Crippen LogP contribution in [0.25, 0.3) is 10.2 Å². The molecule has 1 fully saturated rings. The van der Waals surface area contributed by atoms with E-state index in [1.54, 1.807) is 13.0 Å². The first kappa shape index (κ1) is 37.6. The van der Waals surface area contributed by atoms with Gasteiger partial charge in [-0.3, -0.25) is 19.2 Å². The van der Waals surface area contributed by atoms with Crippen LogP contribution in [-0.2, 0) is 25.6 Å². The van der Waals surface area contributed by atoms with E-state index in [0.717, 1.165) is 36.8 Å². The highest BCUT2D eigenvalue weighted by Crippen LogP contribution is 2.29. The smallest absolute Gasteiger partial charge is 0.243 e. The average Bonchev–Trinajstić information content (AvgIpc) is 3.82. The van der Waals surface area contributed by atoms with E-state index in [9.17, 15) is 23.6 Å². The van der Waals surface area contributed by atoms with Crippen LogP contribution in [0.3, 0.4) is 0 Å². The number of halogens is 1. The number of hydrogen-bond donors (Lipinski definition) is 5. The Morgan fingerprint density at radius 1 is 0.824 bits per heavy atom. The Kier molecular flexibility index (Phi) is 13.6. The molecule has 51 heavy (non-hydrogen) atoms. The fourth-order valence-electron chi connectivity index (χ4n) is 6.57. The Morgan fingerprint density at radius 2 is 1.47 bits per heavy atom. The van der Waals surface area contributed by atoms with Gasteiger partial charge in [0.25, 0.3) is 0 Å². The molecule has 3 atom stereocenters. The lowest BCUT2D eigenvalue weighted by molar-refractivity contribution is -0.135. The van der Waals surface area contributed by atoms with Gasteiger partial charge in [-0.25, -0.2) is 9.37 Å². The predicted octanol–water partition coefficient (Wildman–Crippen LogP) is 5.07. The van der Waals surface area contributed by atoms with Crippen LogP contribution in [0.15, 0.2) is 78.9 Å². The Morgan fingerprint density at radius 3 is 2.10 bits per heavy atom. The average molecular weight is 715 g/mol. The highest BCUT2D eigenvalue weighted by Gasteiger charge is 2.36. The highest BCUT2D eigenvalue weighted by atomic mass is 32.1. The Balaban J connectivity index is 1.36. The molecular weight excluding hydrogens is 668 g/mol. The molecule has 6 N–H and O–H groups in total. The van der Waals surface area contributed by atoms with Gasteiger partial charge >= 0.3 is 0 Å². The summed E-state index contributed by atoms with van der Waals surface area (Å²) in [5.41, 5.74) is 8.18. The largest absolute Gasteiger partial charge is 0.344 e. The minimum Gasteiger partial charge on any atom is -0.344 e. The van der Waals surface area contributed by atoms with Gasteiger partial charge in [0.1, 0.15) is 23.9 Å². The fraction of sp³-hybridized carbons (Fsp3) is 0.410. The van der Waals surface area contributed by atoms with Crippen molar-refractivity contribution in [3.05, 3.63) is 101 Å². The standard InChI is InChI=1S/C39H47FN6O4S/c1-2-33(47)42-31(24-34-43-29-21-20-28(40)23-32(29)51-34)38(49)46-36(27-17-9-10-18-27)39(50)44-30(19-11-12-22-41)37(48)45-35(25-13-5-3-6-14-25)26-15-7-4-8-16-26/h3-8,13-16,20-21,23,27,30-31,35-36H,2,9-12,17-19,22,24,41H2,1H3,(H,42,47)(H,44,50)(H,45,48)(H,46,49)/t30-,31-,36-/m0/s1. The van der Waals surface area contributed by atoms with E-state index in [2.05, 4.69) is 26.3 Å². The number of amides is 4. The quantitative estimate of drug-likeness (QED) is 0.0963. The molecule has 0 aliphatic heterocycles. The molecule has 3 aromatic carbocycles. The number of fused-ring (bicyclic) bond motifs is 1. The van der Waals surface area contributed by atoms with Crippen molar-refractivity contribution in [3.63, 3.8) is 0 Å². The number of carbonyl (C=O) groups is 4. The molecule has 1 aliphatic carbocycles. The summed E-state index contributed by atoms with van der Waals surface area (Å²) in [5, 5.41) is 12.5. The number of carbonyl (C=O) groups excluding carboxylic acids is 4. The van der Waals surface area contributed by atoms with E-state index in [0.29, 0.717) is 41.0 Å². The van der Waals surface area contributed by atoms with E-state index < -0.39 is 36.0 Å². The third-order valence-electron chi connectivity index (χ3n) is 9.33. The number of thiazole rings is 1. The fourth-order valence-corrected chi connectivity index (χ4v) is 7.61. The monoisotopic (exact) mass is 714 g/mol. The van der Waals surface area contributed by atoms with E-state index in [-0.39, 0.29) is 36.4 Å². The minimum atomic E-state index is -1.01. The third kappa shape index (κ3) is 10.4. The summed E-state index contributed by atoms with van der Waals surface area (Å²) in [7, 11) is 0. The maximum atomic E-state index is 14.2.